The average molecular weight is 349 g/mol. The zero-order chi connectivity index (χ0) is 18.0. The van der Waals surface area contributed by atoms with Gasteiger partial charge < -0.3 is 26.6 Å². The molecule has 0 rings (SSSR count). The number of hydrogen-bond donors (Lipinski definition) is 5. The largest absolute Gasteiger partial charge is 0.480 e. The monoisotopic (exact) mass is 349 g/mol. The molecule has 0 aromatic heterocycles. The minimum Gasteiger partial charge on any atom is -0.480 e. The predicted molar refractivity (Wildman–Crippen MR) is 89.0 cm³/mol. The first kappa shape index (κ1) is 21.7. The molecule has 0 aliphatic carbocycles. The van der Waals surface area contributed by atoms with Gasteiger partial charge in [-0.25, -0.2) is 4.79 Å². The van der Waals surface area contributed by atoms with Crippen molar-refractivity contribution in [1.29, 1.82) is 0 Å². The number of aliphatic hydroxyl groups excluding tert-OH is 1. The van der Waals surface area contributed by atoms with Crippen molar-refractivity contribution in [2.24, 2.45) is 11.7 Å². The van der Waals surface area contributed by atoms with E-state index >= 15 is 0 Å². The Labute approximate surface area is 140 Å². The molecule has 2 amide bonds. The number of amides is 2. The number of thioether (sulfide) groups is 1. The van der Waals surface area contributed by atoms with E-state index in [0.29, 0.717) is 18.6 Å². The van der Waals surface area contributed by atoms with Crippen molar-refractivity contribution in [1.82, 2.24) is 10.6 Å². The summed E-state index contributed by atoms with van der Waals surface area (Å²) in [7, 11) is 0. The van der Waals surface area contributed by atoms with Crippen molar-refractivity contribution in [2.45, 2.75) is 44.8 Å². The van der Waals surface area contributed by atoms with Crippen LogP contribution in [0.3, 0.4) is 0 Å². The predicted octanol–water partition coefficient (Wildman–Crippen LogP) is -0.841. The van der Waals surface area contributed by atoms with Gasteiger partial charge in [-0.1, -0.05) is 13.8 Å². The van der Waals surface area contributed by atoms with Crippen LogP contribution in [0.5, 0.6) is 0 Å². The lowest BCUT2D eigenvalue weighted by Crippen LogP contribution is -2.55. The smallest absolute Gasteiger partial charge is 0.326 e. The number of carboxylic acids is 1. The maximum absolute atomic E-state index is 12.3. The fourth-order valence-electron chi connectivity index (χ4n) is 1.83. The summed E-state index contributed by atoms with van der Waals surface area (Å²) in [6, 6.07) is -3.02. The standard InChI is InChI=1S/C14H27N3O5S/c1-8(2)6-11(17-12(19)9(15)7-18)13(20)16-10(14(21)22)4-5-23-3/h8-11,18H,4-7,15H2,1-3H3,(H,16,20)(H,17,19)(H,21,22)/t9-,10-,11-/m0/s1. The topological polar surface area (TPSA) is 142 Å². The molecule has 6 N–H and O–H groups in total. The van der Waals surface area contributed by atoms with Crippen molar-refractivity contribution in [2.75, 3.05) is 18.6 Å². The number of aliphatic hydroxyl groups is 1. The highest BCUT2D eigenvalue weighted by Crippen LogP contribution is 2.07. The molecule has 0 aromatic carbocycles. The van der Waals surface area contributed by atoms with Crippen LogP contribution in [0.25, 0.3) is 0 Å². The quantitative estimate of drug-likeness (QED) is 0.327. The second kappa shape index (κ2) is 11.3. The van der Waals surface area contributed by atoms with Gasteiger partial charge in [-0.05, 0) is 30.8 Å². The summed E-state index contributed by atoms with van der Waals surface area (Å²) in [5.41, 5.74) is 5.42. The average Bonchev–Trinajstić information content (AvgIpc) is 2.48. The van der Waals surface area contributed by atoms with Crippen LogP contribution in [-0.2, 0) is 14.4 Å². The Hall–Kier alpha value is -1.32. The summed E-state index contributed by atoms with van der Waals surface area (Å²) in [4.78, 5) is 35.3. The van der Waals surface area contributed by atoms with Crippen LogP contribution in [0.2, 0.25) is 0 Å². The van der Waals surface area contributed by atoms with Gasteiger partial charge in [0.1, 0.15) is 18.1 Å². The van der Waals surface area contributed by atoms with Gasteiger partial charge >= 0.3 is 5.97 Å². The van der Waals surface area contributed by atoms with Gasteiger partial charge in [-0.15, -0.1) is 0 Å². The fourth-order valence-corrected chi connectivity index (χ4v) is 2.30. The maximum atomic E-state index is 12.3. The molecule has 0 saturated heterocycles. The van der Waals surface area contributed by atoms with Crippen LogP contribution in [0, 0.1) is 5.92 Å². The molecule has 0 bridgehead atoms. The summed E-state index contributed by atoms with van der Waals surface area (Å²) in [5, 5.41) is 23.0. The lowest BCUT2D eigenvalue weighted by Gasteiger charge is -2.23. The van der Waals surface area contributed by atoms with Gasteiger partial charge in [-0.3, -0.25) is 9.59 Å². The van der Waals surface area contributed by atoms with Crippen molar-refractivity contribution < 1.29 is 24.6 Å². The summed E-state index contributed by atoms with van der Waals surface area (Å²) in [6.45, 7) is 3.22. The third kappa shape index (κ3) is 8.77. The minimum absolute atomic E-state index is 0.103. The highest BCUT2D eigenvalue weighted by molar-refractivity contribution is 7.98. The Morgan fingerprint density at radius 2 is 1.70 bits per heavy atom. The third-order valence-electron chi connectivity index (χ3n) is 3.10. The molecule has 23 heavy (non-hydrogen) atoms. The lowest BCUT2D eigenvalue weighted by atomic mass is 10.0. The molecule has 0 radical (unpaired) electrons. The molecule has 134 valence electrons. The normalized spacial score (nSPS) is 14.9. The molecule has 0 fully saturated rings. The number of carbonyl (C=O) groups is 3. The molecule has 0 spiro atoms. The first-order valence-corrected chi connectivity index (χ1v) is 8.81. The molecule has 0 aliphatic heterocycles. The number of nitrogens with one attached hydrogen (secondary N) is 2. The number of carboxylic acid groups (broad SMARTS) is 1. The van der Waals surface area contributed by atoms with E-state index in [2.05, 4.69) is 10.6 Å². The molecule has 0 unspecified atom stereocenters. The number of rotatable bonds is 11. The van der Waals surface area contributed by atoms with Crippen molar-refractivity contribution in [3.63, 3.8) is 0 Å². The molecule has 0 heterocycles. The highest BCUT2D eigenvalue weighted by Gasteiger charge is 2.28. The number of hydrogen-bond acceptors (Lipinski definition) is 6. The van der Waals surface area contributed by atoms with Crippen molar-refractivity contribution in [3.05, 3.63) is 0 Å². The van der Waals surface area contributed by atoms with Gasteiger partial charge in [0, 0.05) is 0 Å². The van der Waals surface area contributed by atoms with Crippen LogP contribution < -0.4 is 16.4 Å². The Kier molecular flexibility index (Phi) is 10.6. The SMILES string of the molecule is CSCC[C@H](NC(=O)[C@H](CC(C)C)NC(=O)[C@@H](N)CO)C(=O)O. The van der Waals surface area contributed by atoms with E-state index < -0.39 is 42.5 Å². The first-order valence-electron chi connectivity index (χ1n) is 7.41. The van der Waals surface area contributed by atoms with E-state index in [9.17, 15) is 14.4 Å². The molecular weight excluding hydrogens is 322 g/mol. The summed E-state index contributed by atoms with van der Waals surface area (Å²) < 4.78 is 0. The van der Waals surface area contributed by atoms with Gasteiger partial charge in [0.2, 0.25) is 11.8 Å². The second-order valence-corrected chi connectivity index (χ2v) is 6.65. The number of aliphatic carboxylic acids is 1. The van der Waals surface area contributed by atoms with E-state index in [1.54, 1.807) is 0 Å². The third-order valence-corrected chi connectivity index (χ3v) is 3.74. The van der Waals surface area contributed by atoms with Gasteiger partial charge in [0.15, 0.2) is 0 Å². The van der Waals surface area contributed by atoms with E-state index in [1.807, 2.05) is 20.1 Å². The van der Waals surface area contributed by atoms with E-state index in [4.69, 9.17) is 15.9 Å². The van der Waals surface area contributed by atoms with Crippen LogP contribution in [0.4, 0.5) is 0 Å². The Balaban J connectivity index is 4.90. The molecule has 0 saturated carbocycles. The van der Waals surface area contributed by atoms with Crippen LogP contribution in [-0.4, -0.2) is 64.7 Å². The Bertz CT molecular complexity index is 406. The van der Waals surface area contributed by atoms with Crippen molar-refractivity contribution in [3.8, 4) is 0 Å². The molecule has 0 aliphatic rings. The highest BCUT2D eigenvalue weighted by atomic mass is 32.2. The summed E-state index contributed by atoms with van der Waals surface area (Å²) in [6.07, 6.45) is 2.48. The van der Waals surface area contributed by atoms with Gasteiger partial charge in [0.25, 0.3) is 0 Å². The fraction of sp³-hybridized carbons (Fsp3) is 0.786. The second-order valence-electron chi connectivity index (χ2n) is 5.66. The number of nitrogens with two attached hydrogens (primary N) is 1. The van der Waals surface area contributed by atoms with E-state index in [0.717, 1.165) is 0 Å². The summed E-state index contributed by atoms with van der Waals surface area (Å²) >= 11 is 1.48. The number of carbonyl (C=O) groups excluding carboxylic acids is 2. The first-order chi connectivity index (χ1) is 10.7. The van der Waals surface area contributed by atoms with Gasteiger partial charge in [-0.2, -0.15) is 11.8 Å². The molecule has 8 nitrogen and oxygen atoms in total. The minimum atomic E-state index is -1.12. The Morgan fingerprint density at radius 3 is 2.13 bits per heavy atom. The lowest BCUT2D eigenvalue weighted by molar-refractivity contribution is -0.142. The molecule has 3 atom stereocenters. The van der Waals surface area contributed by atoms with Gasteiger partial charge in [0.05, 0.1) is 6.61 Å². The molecule has 9 heteroatoms. The molecule has 0 aromatic rings. The zero-order valence-corrected chi connectivity index (χ0v) is 14.6. The van der Waals surface area contributed by atoms with Crippen LogP contribution >= 0.6 is 11.8 Å². The van der Waals surface area contributed by atoms with Crippen LogP contribution in [0.15, 0.2) is 0 Å². The summed E-state index contributed by atoms with van der Waals surface area (Å²) in [5.74, 6) is -1.64. The van der Waals surface area contributed by atoms with E-state index in [1.165, 1.54) is 11.8 Å². The zero-order valence-electron chi connectivity index (χ0n) is 13.7. The van der Waals surface area contributed by atoms with E-state index in [-0.39, 0.29) is 5.92 Å². The van der Waals surface area contributed by atoms with Crippen molar-refractivity contribution >= 4 is 29.5 Å². The molecular formula is C14H27N3O5S. The maximum Gasteiger partial charge on any atom is 0.326 e. The Morgan fingerprint density at radius 1 is 1.13 bits per heavy atom. The van der Waals surface area contributed by atoms with Crippen LogP contribution in [0.1, 0.15) is 26.7 Å².